The highest BCUT2D eigenvalue weighted by Gasteiger charge is 2.24. The van der Waals surface area contributed by atoms with E-state index in [0.29, 0.717) is 5.02 Å². The van der Waals surface area contributed by atoms with Gasteiger partial charge < -0.3 is 9.80 Å². The number of carbonyl (C=O) groups excluding carboxylic acids is 1. The van der Waals surface area contributed by atoms with Gasteiger partial charge in [-0.25, -0.2) is 0 Å². The van der Waals surface area contributed by atoms with Crippen LogP contribution in [0, 0.1) is 0 Å². The molecular formula is C16H21ClN2O. The predicted octanol–water partition coefficient (Wildman–Crippen LogP) is 3.57. The predicted molar refractivity (Wildman–Crippen MR) is 82.7 cm³/mol. The summed E-state index contributed by atoms with van der Waals surface area (Å²) in [5, 5.41) is 0.647. The molecule has 1 amide bonds. The van der Waals surface area contributed by atoms with Crippen LogP contribution in [0.25, 0.3) is 0 Å². The minimum absolute atomic E-state index is 0.147. The standard InChI is InChI=1S/C16H21ClN2O/c17-13-6-7-15(18-8-4-5-9-18)14(12-13)16(20)19-10-2-1-3-11-19/h6-7,12H,1-5,8-11H2. The molecule has 1 aromatic rings. The van der Waals surface area contributed by atoms with Crippen molar-refractivity contribution in [1.82, 2.24) is 4.90 Å². The summed E-state index contributed by atoms with van der Waals surface area (Å²) >= 11 is 6.12. The maximum absolute atomic E-state index is 12.8. The van der Waals surface area contributed by atoms with E-state index in [1.54, 1.807) is 0 Å². The number of amides is 1. The number of nitrogens with zero attached hydrogens (tertiary/aromatic N) is 2. The summed E-state index contributed by atoms with van der Waals surface area (Å²) in [5.41, 5.74) is 1.84. The molecule has 108 valence electrons. The molecule has 2 aliphatic rings. The van der Waals surface area contributed by atoms with Gasteiger partial charge in [0.2, 0.25) is 0 Å². The van der Waals surface area contributed by atoms with Crippen LogP contribution >= 0.6 is 11.6 Å². The van der Waals surface area contributed by atoms with E-state index in [2.05, 4.69) is 4.90 Å². The first kappa shape index (κ1) is 13.7. The Bertz CT molecular complexity index is 491. The average Bonchev–Trinajstić information content (AvgIpc) is 3.01. The summed E-state index contributed by atoms with van der Waals surface area (Å²) in [7, 11) is 0. The molecule has 3 nitrogen and oxygen atoms in total. The van der Waals surface area contributed by atoms with Crippen LogP contribution in [0.1, 0.15) is 42.5 Å². The lowest BCUT2D eigenvalue weighted by Crippen LogP contribution is -2.36. The molecule has 0 aliphatic carbocycles. The van der Waals surface area contributed by atoms with Crippen molar-refractivity contribution in [3.05, 3.63) is 28.8 Å². The third kappa shape index (κ3) is 2.78. The Morgan fingerprint density at radius 2 is 1.60 bits per heavy atom. The smallest absolute Gasteiger partial charge is 0.256 e. The first-order valence-corrected chi connectivity index (χ1v) is 7.97. The Hall–Kier alpha value is -1.22. The number of hydrogen-bond acceptors (Lipinski definition) is 2. The van der Waals surface area contributed by atoms with E-state index in [1.807, 2.05) is 23.1 Å². The fourth-order valence-corrected chi connectivity index (χ4v) is 3.35. The van der Waals surface area contributed by atoms with Crippen molar-refractivity contribution in [2.45, 2.75) is 32.1 Å². The third-order valence-corrected chi connectivity index (χ3v) is 4.51. The number of anilines is 1. The lowest BCUT2D eigenvalue weighted by Gasteiger charge is -2.29. The van der Waals surface area contributed by atoms with Gasteiger partial charge in [-0.05, 0) is 50.3 Å². The van der Waals surface area contributed by atoms with E-state index in [0.717, 1.165) is 50.3 Å². The van der Waals surface area contributed by atoms with E-state index in [-0.39, 0.29) is 5.91 Å². The van der Waals surface area contributed by atoms with Crippen LogP contribution in [0.15, 0.2) is 18.2 Å². The van der Waals surface area contributed by atoms with Gasteiger partial charge in [-0.2, -0.15) is 0 Å². The molecule has 2 heterocycles. The van der Waals surface area contributed by atoms with Crippen LogP contribution in [-0.4, -0.2) is 37.0 Å². The molecule has 4 heteroatoms. The Kier molecular flexibility index (Phi) is 4.16. The zero-order valence-electron chi connectivity index (χ0n) is 11.8. The molecule has 0 unspecified atom stereocenters. The summed E-state index contributed by atoms with van der Waals surface area (Å²) in [6, 6.07) is 5.74. The monoisotopic (exact) mass is 292 g/mol. The average molecular weight is 293 g/mol. The van der Waals surface area contributed by atoms with Crippen molar-refractivity contribution in [3.63, 3.8) is 0 Å². The summed E-state index contributed by atoms with van der Waals surface area (Å²) < 4.78 is 0. The number of piperidine rings is 1. The molecule has 0 bridgehead atoms. The van der Waals surface area contributed by atoms with E-state index in [9.17, 15) is 4.79 Å². The molecule has 0 N–H and O–H groups in total. The Balaban J connectivity index is 1.89. The molecule has 1 aromatic carbocycles. The van der Waals surface area contributed by atoms with Gasteiger partial charge in [0.15, 0.2) is 0 Å². The Labute approximate surface area is 125 Å². The maximum Gasteiger partial charge on any atom is 0.256 e. The Morgan fingerprint density at radius 1 is 0.950 bits per heavy atom. The Morgan fingerprint density at radius 3 is 2.30 bits per heavy atom. The molecule has 0 spiro atoms. The second-order valence-corrected chi connectivity index (χ2v) is 6.14. The second kappa shape index (κ2) is 6.04. The summed E-state index contributed by atoms with van der Waals surface area (Å²) in [5.74, 6) is 0.147. The lowest BCUT2D eigenvalue weighted by atomic mass is 10.1. The van der Waals surface area contributed by atoms with E-state index < -0.39 is 0 Å². The van der Waals surface area contributed by atoms with Gasteiger partial charge in [-0.15, -0.1) is 0 Å². The van der Waals surface area contributed by atoms with Crippen molar-refractivity contribution in [1.29, 1.82) is 0 Å². The maximum atomic E-state index is 12.8. The summed E-state index contributed by atoms with van der Waals surface area (Å²) in [6.45, 7) is 3.85. The van der Waals surface area contributed by atoms with Crippen LogP contribution in [0.3, 0.4) is 0 Å². The molecule has 20 heavy (non-hydrogen) atoms. The molecule has 2 saturated heterocycles. The number of benzene rings is 1. The lowest BCUT2D eigenvalue weighted by molar-refractivity contribution is 0.0725. The highest BCUT2D eigenvalue weighted by Crippen LogP contribution is 2.29. The zero-order valence-corrected chi connectivity index (χ0v) is 12.5. The molecule has 0 saturated carbocycles. The first-order chi connectivity index (χ1) is 9.75. The van der Waals surface area contributed by atoms with Crippen molar-refractivity contribution >= 4 is 23.2 Å². The molecule has 0 atom stereocenters. The van der Waals surface area contributed by atoms with Gasteiger partial charge in [0.25, 0.3) is 5.91 Å². The number of halogens is 1. The van der Waals surface area contributed by atoms with Crippen molar-refractivity contribution in [2.75, 3.05) is 31.1 Å². The SMILES string of the molecule is O=C(c1cc(Cl)ccc1N1CCCC1)N1CCCCC1. The normalized spacial score (nSPS) is 19.4. The quantitative estimate of drug-likeness (QED) is 0.832. The molecule has 0 aromatic heterocycles. The minimum Gasteiger partial charge on any atom is -0.371 e. The van der Waals surface area contributed by atoms with Gasteiger partial charge >= 0.3 is 0 Å². The summed E-state index contributed by atoms with van der Waals surface area (Å²) in [6.07, 6.45) is 5.88. The van der Waals surface area contributed by atoms with Crippen molar-refractivity contribution in [3.8, 4) is 0 Å². The first-order valence-electron chi connectivity index (χ1n) is 7.59. The van der Waals surface area contributed by atoms with Gasteiger partial charge in [0.1, 0.15) is 0 Å². The fraction of sp³-hybridized carbons (Fsp3) is 0.562. The van der Waals surface area contributed by atoms with Gasteiger partial charge in [0.05, 0.1) is 5.56 Å². The van der Waals surface area contributed by atoms with Crippen LogP contribution < -0.4 is 4.90 Å². The van der Waals surface area contributed by atoms with Crippen molar-refractivity contribution in [2.24, 2.45) is 0 Å². The number of carbonyl (C=O) groups is 1. The van der Waals surface area contributed by atoms with Gasteiger partial charge in [-0.1, -0.05) is 11.6 Å². The third-order valence-electron chi connectivity index (χ3n) is 4.28. The van der Waals surface area contributed by atoms with E-state index in [1.165, 1.54) is 19.3 Å². The number of hydrogen-bond donors (Lipinski definition) is 0. The van der Waals surface area contributed by atoms with Crippen LogP contribution in [-0.2, 0) is 0 Å². The largest absolute Gasteiger partial charge is 0.371 e. The second-order valence-electron chi connectivity index (χ2n) is 5.71. The van der Waals surface area contributed by atoms with E-state index in [4.69, 9.17) is 11.6 Å². The summed E-state index contributed by atoms with van der Waals surface area (Å²) in [4.78, 5) is 17.1. The molecule has 2 fully saturated rings. The van der Waals surface area contributed by atoms with E-state index >= 15 is 0 Å². The molecule has 0 radical (unpaired) electrons. The zero-order chi connectivity index (χ0) is 13.9. The molecular weight excluding hydrogens is 272 g/mol. The fourth-order valence-electron chi connectivity index (χ4n) is 3.18. The van der Waals surface area contributed by atoms with Gasteiger partial charge in [-0.3, -0.25) is 4.79 Å². The molecule has 2 aliphatic heterocycles. The molecule has 3 rings (SSSR count). The van der Waals surface area contributed by atoms with Crippen LogP contribution in [0.2, 0.25) is 5.02 Å². The van der Waals surface area contributed by atoms with Crippen molar-refractivity contribution < 1.29 is 4.79 Å². The number of rotatable bonds is 2. The van der Waals surface area contributed by atoms with Crippen LogP contribution in [0.5, 0.6) is 0 Å². The topological polar surface area (TPSA) is 23.6 Å². The highest BCUT2D eigenvalue weighted by molar-refractivity contribution is 6.31. The van der Waals surface area contributed by atoms with Crippen LogP contribution in [0.4, 0.5) is 5.69 Å². The highest BCUT2D eigenvalue weighted by atomic mass is 35.5. The minimum atomic E-state index is 0.147. The van der Waals surface area contributed by atoms with Gasteiger partial charge in [0, 0.05) is 36.9 Å². The number of likely N-dealkylation sites (tertiary alicyclic amines) is 1.